The fraction of sp³-hybridized carbons (Fsp3) is 0.318. The third-order valence-corrected chi connectivity index (χ3v) is 5.10. The van der Waals surface area contributed by atoms with E-state index in [1.54, 1.807) is 14.2 Å². The van der Waals surface area contributed by atoms with E-state index in [0.29, 0.717) is 18.0 Å². The summed E-state index contributed by atoms with van der Waals surface area (Å²) in [7, 11) is 4.69. The van der Waals surface area contributed by atoms with Crippen molar-refractivity contribution in [3.63, 3.8) is 0 Å². The van der Waals surface area contributed by atoms with Crippen LogP contribution in [0.25, 0.3) is 10.9 Å². The minimum Gasteiger partial charge on any atom is -0.493 e. The van der Waals surface area contributed by atoms with Crippen LogP contribution < -0.4 is 14.8 Å². The van der Waals surface area contributed by atoms with Crippen LogP contribution in [0.1, 0.15) is 24.0 Å². The Morgan fingerprint density at radius 3 is 2.54 bits per heavy atom. The van der Waals surface area contributed by atoms with Crippen LogP contribution >= 0.6 is 0 Å². The molecule has 148 valence electrons. The topological polar surface area (TPSA) is 77.2 Å². The molecule has 0 unspecified atom stereocenters. The molecule has 1 aromatic heterocycles. The van der Waals surface area contributed by atoms with E-state index in [4.69, 9.17) is 14.2 Å². The number of para-hydroxylation sites is 2. The smallest absolute Gasteiger partial charge is 0.364 e. The number of H-pyrrole nitrogens is 1. The van der Waals surface area contributed by atoms with Crippen LogP contribution in [-0.2, 0) is 9.53 Å². The molecule has 0 radical (unpaired) electrons. The monoisotopic (exact) mass is 383 g/mol. The van der Waals surface area contributed by atoms with E-state index in [1.165, 1.54) is 7.11 Å². The predicted molar refractivity (Wildman–Crippen MR) is 108 cm³/mol. The van der Waals surface area contributed by atoms with Gasteiger partial charge in [0, 0.05) is 22.7 Å². The molecule has 6 nitrogen and oxygen atoms in total. The maximum Gasteiger partial charge on any atom is 0.364 e. The quantitative estimate of drug-likeness (QED) is 0.586. The summed E-state index contributed by atoms with van der Waals surface area (Å²) in [5.74, 6) is 1.15. The van der Waals surface area contributed by atoms with Crippen molar-refractivity contribution in [3.8, 4) is 11.5 Å². The van der Waals surface area contributed by atoms with Crippen molar-refractivity contribution < 1.29 is 24.3 Å². The molecule has 0 aliphatic heterocycles. The number of rotatable bonds is 8. The van der Waals surface area contributed by atoms with E-state index in [-0.39, 0.29) is 17.9 Å². The highest BCUT2D eigenvalue weighted by Crippen LogP contribution is 2.39. The summed E-state index contributed by atoms with van der Waals surface area (Å²) in [6, 6.07) is 13.8. The number of aromatic amines is 1. The number of benzene rings is 2. The number of methoxy groups -OCH3 is 3. The number of carbonyl (C=O) groups is 1. The molecule has 0 saturated carbocycles. The molecule has 0 spiro atoms. The first kappa shape index (κ1) is 19.8. The molecule has 0 aliphatic carbocycles. The van der Waals surface area contributed by atoms with Gasteiger partial charge in [-0.05, 0) is 24.6 Å². The van der Waals surface area contributed by atoms with Crippen molar-refractivity contribution in [2.24, 2.45) is 0 Å². The summed E-state index contributed by atoms with van der Waals surface area (Å²) in [6.45, 7) is 2.50. The van der Waals surface area contributed by atoms with E-state index < -0.39 is 0 Å². The first-order chi connectivity index (χ1) is 13.6. The summed E-state index contributed by atoms with van der Waals surface area (Å²) in [4.78, 5) is 15.2. The lowest BCUT2D eigenvalue weighted by molar-refractivity contribution is -0.676. The largest absolute Gasteiger partial charge is 0.493 e. The molecular weight excluding hydrogens is 356 g/mol. The van der Waals surface area contributed by atoms with Gasteiger partial charge in [-0.1, -0.05) is 30.3 Å². The van der Waals surface area contributed by atoms with Gasteiger partial charge < -0.3 is 24.5 Å². The Hall–Kier alpha value is -2.99. The molecule has 0 bridgehead atoms. The van der Waals surface area contributed by atoms with Gasteiger partial charge in [-0.3, -0.25) is 0 Å². The van der Waals surface area contributed by atoms with Crippen molar-refractivity contribution in [3.05, 3.63) is 59.8 Å². The summed E-state index contributed by atoms with van der Waals surface area (Å²) < 4.78 is 16.1. The molecule has 6 heteroatoms. The first-order valence-corrected chi connectivity index (χ1v) is 9.28. The molecule has 0 saturated heterocycles. The van der Waals surface area contributed by atoms with Crippen LogP contribution in [0.2, 0.25) is 0 Å². The summed E-state index contributed by atoms with van der Waals surface area (Å²) in [5, 5.41) is 3.15. The molecule has 3 aromatic rings. The highest BCUT2D eigenvalue weighted by molar-refractivity contribution is 5.84. The molecule has 2 atom stereocenters. The third-order valence-electron chi connectivity index (χ3n) is 5.10. The Bertz CT molecular complexity index is 951. The van der Waals surface area contributed by atoms with Gasteiger partial charge in [-0.15, -0.1) is 0 Å². The average molecular weight is 383 g/mol. The number of nitrogens with one attached hydrogen (secondary N) is 1. The van der Waals surface area contributed by atoms with Gasteiger partial charge in [0.15, 0.2) is 17.5 Å². The van der Waals surface area contributed by atoms with Gasteiger partial charge in [-0.25, -0.2) is 4.79 Å². The highest BCUT2D eigenvalue weighted by Gasteiger charge is 2.27. The van der Waals surface area contributed by atoms with Crippen LogP contribution in [0.15, 0.2) is 48.7 Å². The van der Waals surface area contributed by atoms with Crippen LogP contribution in [0.3, 0.4) is 0 Å². The van der Waals surface area contributed by atoms with E-state index in [9.17, 15) is 4.79 Å². The number of carbonyl (C=O) groups excluding carboxylic acids is 1. The van der Waals surface area contributed by atoms with E-state index in [1.807, 2.05) is 48.8 Å². The highest BCUT2D eigenvalue weighted by atomic mass is 16.5. The lowest BCUT2D eigenvalue weighted by atomic mass is 9.89. The first-order valence-electron chi connectivity index (χ1n) is 9.28. The number of esters is 1. The second-order valence-electron chi connectivity index (χ2n) is 6.71. The minimum absolute atomic E-state index is 0.00620. The maximum absolute atomic E-state index is 11.9. The number of aromatic nitrogens is 1. The lowest BCUT2D eigenvalue weighted by Crippen LogP contribution is -2.92. The average Bonchev–Trinajstić information content (AvgIpc) is 3.16. The van der Waals surface area contributed by atoms with Crippen molar-refractivity contribution in [1.82, 2.24) is 4.98 Å². The van der Waals surface area contributed by atoms with Crippen LogP contribution in [-0.4, -0.2) is 44.9 Å². The fourth-order valence-electron chi connectivity index (χ4n) is 3.61. The number of ether oxygens (including phenoxy) is 3. The van der Waals surface area contributed by atoms with Gasteiger partial charge in [0.2, 0.25) is 0 Å². The Kier molecular flexibility index (Phi) is 6.21. The molecule has 3 N–H and O–H groups in total. The Labute approximate surface area is 164 Å². The van der Waals surface area contributed by atoms with Crippen molar-refractivity contribution in [2.75, 3.05) is 27.9 Å². The second-order valence-corrected chi connectivity index (χ2v) is 6.71. The molecule has 0 fully saturated rings. The number of fused-ring (bicyclic) bond motifs is 1. The zero-order chi connectivity index (χ0) is 20.1. The summed E-state index contributed by atoms with van der Waals surface area (Å²) in [6.07, 6.45) is 2.03. The van der Waals surface area contributed by atoms with E-state index >= 15 is 0 Å². The predicted octanol–water partition coefficient (Wildman–Crippen LogP) is 2.44. The van der Waals surface area contributed by atoms with Gasteiger partial charge in [0.1, 0.15) is 0 Å². The molecule has 0 aliphatic rings. The molecule has 2 aromatic carbocycles. The lowest BCUT2D eigenvalue weighted by Gasteiger charge is -2.21. The van der Waals surface area contributed by atoms with E-state index in [2.05, 4.69) is 17.1 Å². The van der Waals surface area contributed by atoms with Crippen molar-refractivity contribution >= 4 is 16.9 Å². The summed E-state index contributed by atoms with van der Waals surface area (Å²) >= 11 is 0. The van der Waals surface area contributed by atoms with Gasteiger partial charge in [0.25, 0.3) is 0 Å². The van der Waals surface area contributed by atoms with Crippen LogP contribution in [0.5, 0.6) is 11.5 Å². The normalized spacial score (nSPS) is 13.1. The molecule has 3 rings (SSSR count). The van der Waals surface area contributed by atoms with Crippen LogP contribution in [0.4, 0.5) is 0 Å². The van der Waals surface area contributed by atoms with Gasteiger partial charge >= 0.3 is 5.97 Å². The van der Waals surface area contributed by atoms with Crippen molar-refractivity contribution in [2.45, 2.75) is 18.9 Å². The minimum atomic E-state index is -0.297. The number of hydrogen-bond acceptors (Lipinski definition) is 4. The number of nitrogens with two attached hydrogens (primary N) is 1. The maximum atomic E-state index is 11.9. The molecule has 28 heavy (non-hydrogen) atoms. The SMILES string of the molecule is COC(=O)[C@H](C)[NH2+]C[C@@H](c1cccc(OC)c1OC)c1c[nH]c2ccccc12. The van der Waals surface area contributed by atoms with Crippen LogP contribution in [0, 0.1) is 0 Å². The van der Waals surface area contributed by atoms with E-state index in [0.717, 1.165) is 22.0 Å². The third kappa shape index (κ3) is 3.82. The molecular formula is C22H27N2O4+. The zero-order valence-electron chi connectivity index (χ0n) is 16.7. The zero-order valence-corrected chi connectivity index (χ0v) is 16.7. The Morgan fingerprint density at radius 2 is 1.82 bits per heavy atom. The van der Waals surface area contributed by atoms with Crippen molar-refractivity contribution in [1.29, 1.82) is 0 Å². The fourth-order valence-corrected chi connectivity index (χ4v) is 3.61. The van der Waals surface area contributed by atoms with Gasteiger partial charge in [-0.2, -0.15) is 0 Å². The van der Waals surface area contributed by atoms with Gasteiger partial charge in [0.05, 0.1) is 33.8 Å². The molecule has 1 heterocycles. The Morgan fingerprint density at radius 1 is 1.04 bits per heavy atom. The Balaban J connectivity index is 2.06. The number of quaternary nitrogens is 1. The number of hydrogen-bond donors (Lipinski definition) is 2. The summed E-state index contributed by atoms with van der Waals surface area (Å²) in [5.41, 5.74) is 3.24. The molecule has 0 amide bonds. The standard InChI is InChI=1S/C22H26N2O4/c1-14(22(25)28-4)23-12-18(16-9-7-11-20(26-2)21(16)27-3)17-13-24-19-10-6-5-8-15(17)19/h5-11,13-14,18,23-24H,12H2,1-4H3/p+1/t14-,18-/m0/s1. The second kappa shape index (κ2) is 8.80.